The predicted molar refractivity (Wildman–Crippen MR) is 71.0 cm³/mol. The van der Waals surface area contributed by atoms with Gasteiger partial charge < -0.3 is 10.0 Å². The third-order valence-corrected chi connectivity index (χ3v) is 3.22. The van der Waals surface area contributed by atoms with Gasteiger partial charge in [0.05, 0.1) is 23.5 Å². The summed E-state index contributed by atoms with van der Waals surface area (Å²) in [6.45, 7) is 0.281. The average Bonchev–Trinajstić information content (AvgIpc) is 2.75. The van der Waals surface area contributed by atoms with E-state index in [9.17, 15) is 9.59 Å². The molecule has 0 unspecified atom stereocenters. The number of nitrogens with zero attached hydrogens (tertiary/aromatic N) is 3. The number of amides is 2. The lowest BCUT2D eigenvalue weighted by Gasteiger charge is -2.14. The van der Waals surface area contributed by atoms with E-state index in [1.165, 1.54) is 11.2 Å². The molecule has 1 aromatic heterocycles. The number of carbonyl (C=O) groups excluding carboxylic acids is 1. The van der Waals surface area contributed by atoms with Gasteiger partial charge in [0.25, 0.3) is 5.91 Å². The zero-order chi connectivity index (χ0) is 14.3. The highest BCUT2D eigenvalue weighted by Gasteiger charge is 2.26. The predicted octanol–water partition coefficient (Wildman–Crippen LogP) is 1.55. The molecular formula is C13H12N4O3. The van der Waals surface area contributed by atoms with E-state index in [1.807, 2.05) is 12.1 Å². The molecule has 0 aliphatic carbocycles. The number of anilines is 1. The monoisotopic (exact) mass is 272 g/mol. The molecule has 0 saturated heterocycles. The number of imidazole rings is 1. The summed E-state index contributed by atoms with van der Waals surface area (Å²) in [5.41, 5.74) is 1.89. The van der Waals surface area contributed by atoms with E-state index < -0.39 is 6.09 Å². The Morgan fingerprint density at radius 3 is 2.90 bits per heavy atom. The van der Waals surface area contributed by atoms with Crippen LogP contribution in [-0.4, -0.2) is 38.6 Å². The molecule has 2 aromatic rings. The summed E-state index contributed by atoms with van der Waals surface area (Å²) in [5, 5.41) is 11.1. The smallest absolute Gasteiger partial charge is 0.410 e. The van der Waals surface area contributed by atoms with Crippen LogP contribution >= 0.6 is 0 Å². The number of para-hydroxylation sites is 1. The third kappa shape index (κ3) is 1.80. The number of fused-ring (bicyclic) bond motifs is 3. The van der Waals surface area contributed by atoms with Gasteiger partial charge in [0.2, 0.25) is 0 Å². The van der Waals surface area contributed by atoms with Gasteiger partial charge in [-0.1, -0.05) is 12.1 Å². The van der Waals surface area contributed by atoms with Crippen molar-refractivity contribution in [2.24, 2.45) is 0 Å². The Morgan fingerprint density at radius 2 is 2.15 bits per heavy atom. The van der Waals surface area contributed by atoms with Gasteiger partial charge in [-0.3, -0.25) is 14.7 Å². The van der Waals surface area contributed by atoms with Crippen LogP contribution in [0, 0.1) is 0 Å². The van der Waals surface area contributed by atoms with Crippen LogP contribution in [0.25, 0.3) is 5.69 Å². The summed E-state index contributed by atoms with van der Waals surface area (Å²) in [5.74, 6) is 0.138. The van der Waals surface area contributed by atoms with Gasteiger partial charge in [-0.05, 0) is 12.1 Å². The molecule has 0 fully saturated rings. The Morgan fingerprint density at radius 1 is 1.40 bits per heavy atom. The molecule has 3 rings (SSSR count). The Bertz CT molecular complexity index is 707. The normalized spacial score (nSPS) is 13.4. The Balaban J connectivity index is 2.20. The molecule has 2 N–H and O–H groups in total. The van der Waals surface area contributed by atoms with Crippen LogP contribution in [-0.2, 0) is 6.54 Å². The lowest BCUT2D eigenvalue weighted by Crippen LogP contribution is -2.25. The average molecular weight is 272 g/mol. The number of carbonyl (C=O) groups is 2. The van der Waals surface area contributed by atoms with E-state index in [1.54, 1.807) is 23.7 Å². The van der Waals surface area contributed by atoms with Crippen LogP contribution in [0.5, 0.6) is 0 Å². The molecule has 0 radical (unpaired) electrons. The largest absolute Gasteiger partial charge is 0.465 e. The quantitative estimate of drug-likeness (QED) is 0.824. The minimum atomic E-state index is -1.18. The minimum absolute atomic E-state index is 0.106. The summed E-state index contributed by atoms with van der Waals surface area (Å²) >= 11 is 0. The fourth-order valence-corrected chi connectivity index (χ4v) is 2.30. The molecule has 0 spiro atoms. The molecule has 0 atom stereocenters. The first-order valence-electron chi connectivity index (χ1n) is 5.99. The van der Waals surface area contributed by atoms with E-state index >= 15 is 0 Å². The fraction of sp³-hybridized carbons (Fsp3) is 0.154. The van der Waals surface area contributed by atoms with Gasteiger partial charge in [-0.15, -0.1) is 0 Å². The standard InChI is InChI=1S/C13H12N4O3/c1-16-6-10-11(15-13(19)20)14-7-17(10)9-5-3-2-4-8(9)12(16)18/h2-5,7,15H,6H2,1H3,(H,19,20). The number of benzene rings is 1. The molecule has 1 aliphatic rings. The van der Waals surface area contributed by atoms with Gasteiger partial charge in [0, 0.05) is 7.05 Å². The summed E-state index contributed by atoms with van der Waals surface area (Å²) in [4.78, 5) is 28.7. The highest BCUT2D eigenvalue weighted by atomic mass is 16.4. The summed E-state index contributed by atoms with van der Waals surface area (Å²) in [6, 6.07) is 7.17. The van der Waals surface area contributed by atoms with Crippen molar-refractivity contribution >= 4 is 17.8 Å². The lowest BCUT2D eigenvalue weighted by molar-refractivity contribution is 0.0788. The van der Waals surface area contributed by atoms with E-state index in [2.05, 4.69) is 10.3 Å². The lowest BCUT2D eigenvalue weighted by atomic mass is 10.1. The molecule has 20 heavy (non-hydrogen) atoms. The maximum Gasteiger partial charge on any atom is 0.410 e. The van der Waals surface area contributed by atoms with E-state index in [-0.39, 0.29) is 18.3 Å². The summed E-state index contributed by atoms with van der Waals surface area (Å²) in [6.07, 6.45) is 0.337. The number of aromatic nitrogens is 2. The Kier molecular flexibility index (Phi) is 2.67. The number of hydrogen-bond donors (Lipinski definition) is 2. The van der Waals surface area contributed by atoms with Crippen LogP contribution in [0.2, 0.25) is 0 Å². The second-order valence-corrected chi connectivity index (χ2v) is 4.52. The van der Waals surface area contributed by atoms with E-state index in [0.29, 0.717) is 16.9 Å². The van der Waals surface area contributed by atoms with Crippen molar-refractivity contribution in [2.45, 2.75) is 6.54 Å². The van der Waals surface area contributed by atoms with E-state index in [0.717, 1.165) is 0 Å². The second kappa shape index (κ2) is 4.37. The molecule has 1 aromatic carbocycles. The molecule has 2 amide bonds. The van der Waals surface area contributed by atoms with Crippen molar-refractivity contribution in [1.29, 1.82) is 0 Å². The van der Waals surface area contributed by atoms with Crippen LogP contribution in [0.1, 0.15) is 16.1 Å². The number of carboxylic acid groups (broad SMARTS) is 1. The van der Waals surface area contributed by atoms with Gasteiger partial charge in [-0.25, -0.2) is 9.78 Å². The van der Waals surface area contributed by atoms with Gasteiger partial charge >= 0.3 is 6.09 Å². The minimum Gasteiger partial charge on any atom is -0.465 e. The third-order valence-electron chi connectivity index (χ3n) is 3.22. The van der Waals surface area contributed by atoms with Crippen LogP contribution in [0.3, 0.4) is 0 Å². The van der Waals surface area contributed by atoms with Gasteiger partial charge in [-0.2, -0.15) is 0 Å². The first-order chi connectivity index (χ1) is 9.58. The van der Waals surface area contributed by atoms with Crippen molar-refractivity contribution in [1.82, 2.24) is 14.5 Å². The molecule has 7 nitrogen and oxygen atoms in total. The van der Waals surface area contributed by atoms with Crippen LogP contribution in [0.15, 0.2) is 30.6 Å². The number of nitrogens with one attached hydrogen (secondary N) is 1. The van der Waals surface area contributed by atoms with Crippen LogP contribution < -0.4 is 5.32 Å². The molecular weight excluding hydrogens is 260 g/mol. The van der Waals surface area contributed by atoms with Crippen molar-refractivity contribution in [3.8, 4) is 5.69 Å². The first-order valence-corrected chi connectivity index (χ1v) is 5.99. The maximum atomic E-state index is 12.3. The summed E-state index contributed by atoms with van der Waals surface area (Å²) < 4.78 is 1.74. The van der Waals surface area contributed by atoms with Crippen LogP contribution in [0.4, 0.5) is 10.6 Å². The molecule has 1 aliphatic heterocycles. The molecule has 0 saturated carbocycles. The highest BCUT2D eigenvalue weighted by Crippen LogP contribution is 2.27. The first kappa shape index (κ1) is 12.2. The van der Waals surface area contributed by atoms with Gasteiger partial charge in [0.1, 0.15) is 6.33 Å². The Labute approximate surface area is 114 Å². The number of rotatable bonds is 1. The fourth-order valence-electron chi connectivity index (χ4n) is 2.30. The summed E-state index contributed by atoms with van der Waals surface area (Å²) in [7, 11) is 1.67. The zero-order valence-electron chi connectivity index (χ0n) is 10.7. The van der Waals surface area contributed by atoms with Crippen molar-refractivity contribution in [2.75, 3.05) is 12.4 Å². The molecule has 7 heteroatoms. The zero-order valence-corrected chi connectivity index (χ0v) is 10.7. The SMILES string of the molecule is CN1Cc2c(NC(=O)O)ncn2-c2ccccc2C1=O. The second-order valence-electron chi connectivity index (χ2n) is 4.52. The Hall–Kier alpha value is -2.83. The number of hydrogen-bond acceptors (Lipinski definition) is 3. The molecule has 102 valence electrons. The van der Waals surface area contributed by atoms with Crippen molar-refractivity contribution < 1.29 is 14.7 Å². The highest BCUT2D eigenvalue weighted by molar-refractivity contribution is 5.98. The van der Waals surface area contributed by atoms with Crippen molar-refractivity contribution in [3.05, 3.63) is 41.9 Å². The van der Waals surface area contributed by atoms with Crippen molar-refractivity contribution in [3.63, 3.8) is 0 Å². The molecule has 2 heterocycles. The van der Waals surface area contributed by atoms with Gasteiger partial charge in [0.15, 0.2) is 5.82 Å². The molecule has 0 bridgehead atoms. The maximum absolute atomic E-state index is 12.3. The topological polar surface area (TPSA) is 87.5 Å². The van der Waals surface area contributed by atoms with E-state index in [4.69, 9.17) is 5.11 Å².